The van der Waals surface area contributed by atoms with Crippen LogP contribution in [0.4, 0.5) is 4.39 Å². The molecule has 2 aliphatic rings. The van der Waals surface area contributed by atoms with Crippen LogP contribution < -0.4 is 0 Å². The normalized spacial score (nSPS) is 25.0. The number of aromatic nitrogens is 4. The van der Waals surface area contributed by atoms with E-state index < -0.39 is 0 Å². The van der Waals surface area contributed by atoms with Gasteiger partial charge < -0.3 is 0 Å². The minimum atomic E-state index is -0.254. The van der Waals surface area contributed by atoms with E-state index in [1.54, 1.807) is 12.1 Å². The van der Waals surface area contributed by atoms with Gasteiger partial charge in [-0.2, -0.15) is 15.3 Å². The molecule has 0 radical (unpaired) electrons. The van der Waals surface area contributed by atoms with Gasteiger partial charge in [0.15, 0.2) is 0 Å². The molecular formula is C22H23FN4. The fraction of sp³-hybridized carbons (Fsp3) is 0.409. The smallest absolute Gasteiger partial charge is 0.132 e. The predicted molar refractivity (Wildman–Crippen MR) is 102 cm³/mol. The molecule has 1 saturated carbocycles. The molecule has 2 unspecified atom stereocenters. The zero-order valence-electron chi connectivity index (χ0n) is 15.9. The van der Waals surface area contributed by atoms with Crippen molar-refractivity contribution in [2.75, 3.05) is 0 Å². The molecule has 2 heterocycles. The van der Waals surface area contributed by atoms with Gasteiger partial charge >= 0.3 is 0 Å². The van der Waals surface area contributed by atoms with Crippen molar-refractivity contribution in [1.82, 2.24) is 20.0 Å². The first kappa shape index (κ1) is 16.6. The van der Waals surface area contributed by atoms with Gasteiger partial charge in [0.25, 0.3) is 0 Å². The van der Waals surface area contributed by atoms with Crippen molar-refractivity contribution in [3.8, 4) is 11.3 Å². The lowest BCUT2D eigenvalue weighted by molar-refractivity contribution is 0.173. The molecule has 5 rings (SSSR count). The molecule has 3 aromatic rings. The van der Waals surface area contributed by atoms with Gasteiger partial charge in [-0.3, -0.25) is 4.68 Å². The highest BCUT2D eigenvalue weighted by Crippen LogP contribution is 2.67. The highest BCUT2D eigenvalue weighted by atomic mass is 19.1. The Labute approximate surface area is 158 Å². The van der Waals surface area contributed by atoms with E-state index in [0.29, 0.717) is 17.2 Å². The fourth-order valence-electron chi connectivity index (χ4n) is 5.41. The van der Waals surface area contributed by atoms with Crippen molar-refractivity contribution in [1.29, 1.82) is 0 Å². The van der Waals surface area contributed by atoms with Crippen LogP contribution in [0.2, 0.25) is 0 Å². The monoisotopic (exact) mass is 362 g/mol. The maximum absolute atomic E-state index is 14.3. The summed E-state index contributed by atoms with van der Waals surface area (Å²) < 4.78 is 16.3. The molecule has 27 heavy (non-hydrogen) atoms. The molecule has 2 bridgehead atoms. The van der Waals surface area contributed by atoms with Crippen molar-refractivity contribution in [3.63, 3.8) is 0 Å². The maximum atomic E-state index is 14.3. The van der Waals surface area contributed by atoms with Crippen LogP contribution in [0.1, 0.15) is 49.4 Å². The lowest BCUT2D eigenvalue weighted by Gasteiger charge is -2.37. The van der Waals surface area contributed by atoms with Gasteiger partial charge in [-0.15, -0.1) is 0 Å². The number of halogens is 1. The van der Waals surface area contributed by atoms with Gasteiger partial charge in [0.05, 0.1) is 24.1 Å². The Balaban J connectivity index is 1.63. The van der Waals surface area contributed by atoms with Crippen molar-refractivity contribution >= 4 is 0 Å². The zero-order valence-corrected chi connectivity index (χ0v) is 15.9. The number of aryl methyl sites for hydroxylation is 1. The second-order valence-corrected chi connectivity index (χ2v) is 8.62. The van der Waals surface area contributed by atoms with Crippen molar-refractivity contribution in [2.45, 2.75) is 51.5 Å². The molecule has 0 amide bonds. The largest absolute Gasteiger partial charge is 0.272 e. The van der Waals surface area contributed by atoms with Crippen LogP contribution in [0.15, 0.2) is 42.7 Å². The van der Waals surface area contributed by atoms with E-state index in [1.807, 2.05) is 16.9 Å². The summed E-state index contributed by atoms with van der Waals surface area (Å²) >= 11 is 0. The van der Waals surface area contributed by atoms with E-state index in [4.69, 9.17) is 0 Å². The van der Waals surface area contributed by atoms with Crippen LogP contribution in [-0.2, 0) is 12.0 Å². The standard InChI is InChI=1S/C22H23FN4/c1-14-11-24-27(12-14)13-22-9-8-17(21(22,2)3)16-10-19(25-26-20(16)22)15-6-4-5-7-18(15)23/h4-7,10-12,17H,8-9,13H2,1-3H3. The molecule has 2 aromatic heterocycles. The van der Waals surface area contributed by atoms with Gasteiger partial charge in [-0.1, -0.05) is 26.0 Å². The van der Waals surface area contributed by atoms with E-state index in [-0.39, 0.29) is 16.6 Å². The first-order chi connectivity index (χ1) is 12.9. The van der Waals surface area contributed by atoms with E-state index in [1.165, 1.54) is 11.6 Å². The average molecular weight is 362 g/mol. The number of nitrogens with zero attached hydrogens (tertiary/aromatic N) is 4. The summed E-state index contributed by atoms with van der Waals surface area (Å²) in [4.78, 5) is 0. The molecule has 138 valence electrons. The van der Waals surface area contributed by atoms with Gasteiger partial charge in [0.2, 0.25) is 0 Å². The molecular weight excluding hydrogens is 339 g/mol. The first-order valence-electron chi connectivity index (χ1n) is 9.54. The van der Waals surface area contributed by atoms with Crippen LogP contribution >= 0.6 is 0 Å². The number of hydrogen-bond donors (Lipinski definition) is 0. The zero-order chi connectivity index (χ0) is 18.8. The lowest BCUT2D eigenvalue weighted by Crippen LogP contribution is -2.40. The molecule has 0 saturated heterocycles. The molecule has 1 aromatic carbocycles. The van der Waals surface area contributed by atoms with Gasteiger partial charge in [-0.05, 0) is 60.4 Å². The molecule has 2 aliphatic carbocycles. The van der Waals surface area contributed by atoms with E-state index in [2.05, 4.69) is 48.3 Å². The first-order valence-corrected chi connectivity index (χ1v) is 9.54. The fourth-order valence-corrected chi connectivity index (χ4v) is 5.41. The molecule has 4 nitrogen and oxygen atoms in total. The summed E-state index contributed by atoms with van der Waals surface area (Å²) in [5.41, 5.74) is 4.62. The predicted octanol–water partition coefficient (Wildman–Crippen LogP) is 4.64. The number of rotatable bonds is 3. The molecule has 0 spiro atoms. The summed E-state index contributed by atoms with van der Waals surface area (Å²) in [6, 6.07) is 8.85. The third-order valence-electron chi connectivity index (χ3n) is 6.96. The summed E-state index contributed by atoms with van der Waals surface area (Å²) in [6.07, 6.45) is 6.21. The second kappa shape index (κ2) is 5.47. The van der Waals surface area contributed by atoms with Crippen LogP contribution in [0.5, 0.6) is 0 Å². The third kappa shape index (κ3) is 2.17. The van der Waals surface area contributed by atoms with Gasteiger partial charge in [-0.25, -0.2) is 4.39 Å². The SMILES string of the molecule is Cc1cnn(CC23CCC(c4cc(-c5ccccc5F)nnc42)C3(C)C)c1. The van der Waals surface area contributed by atoms with Crippen LogP contribution in [0.3, 0.4) is 0 Å². The number of hydrogen-bond acceptors (Lipinski definition) is 3. The van der Waals surface area contributed by atoms with Crippen molar-refractivity contribution in [2.24, 2.45) is 5.41 Å². The Morgan fingerprint density at radius 1 is 1.22 bits per heavy atom. The summed E-state index contributed by atoms with van der Waals surface area (Å²) in [5, 5.41) is 13.6. The maximum Gasteiger partial charge on any atom is 0.132 e. The van der Waals surface area contributed by atoms with E-state index in [9.17, 15) is 4.39 Å². The Hall–Kier alpha value is -2.56. The summed E-state index contributed by atoms with van der Waals surface area (Å²) in [6.45, 7) is 7.55. The lowest BCUT2D eigenvalue weighted by atomic mass is 9.68. The third-order valence-corrected chi connectivity index (χ3v) is 6.96. The van der Waals surface area contributed by atoms with Gasteiger partial charge in [0.1, 0.15) is 5.82 Å². The molecule has 5 heteroatoms. The summed E-state index contributed by atoms with van der Waals surface area (Å²) in [7, 11) is 0. The quantitative estimate of drug-likeness (QED) is 0.681. The number of fused-ring (bicyclic) bond motifs is 5. The Morgan fingerprint density at radius 2 is 2.04 bits per heavy atom. The Morgan fingerprint density at radius 3 is 2.78 bits per heavy atom. The molecule has 1 fully saturated rings. The molecule has 0 aliphatic heterocycles. The second-order valence-electron chi connectivity index (χ2n) is 8.62. The van der Waals surface area contributed by atoms with Crippen molar-refractivity contribution < 1.29 is 4.39 Å². The summed E-state index contributed by atoms with van der Waals surface area (Å²) in [5.74, 6) is 0.168. The Kier molecular flexibility index (Phi) is 3.37. The van der Waals surface area contributed by atoms with Crippen LogP contribution in [-0.4, -0.2) is 20.0 Å². The van der Waals surface area contributed by atoms with E-state index in [0.717, 1.165) is 30.6 Å². The van der Waals surface area contributed by atoms with Gasteiger partial charge in [0, 0.05) is 17.2 Å². The number of benzene rings is 1. The topological polar surface area (TPSA) is 43.6 Å². The van der Waals surface area contributed by atoms with E-state index >= 15 is 0 Å². The average Bonchev–Trinajstić information content (AvgIpc) is 3.22. The minimum absolute atomic E-state index is 0.0672. The highest BCUT2D eigenvalue weighted by molar-refractivity contribution is 5.62. The van der Waals surface area contributed by atoms with Crippen LogP contribution in [0.25, 0.3) is 11.3 Å². The molecule has 2 atom stereocenters. The van der Waals surface area contributed by atoms with Crippen LogP contribution in [0, 0.1) is 18.2 Å². The molecule has 0 N–H and O–H groups in total. The highest BCUT2D eigenvalue weighted by Gasteiger charge is 2.63. The minimum Gasteiger partial charge on any atom is -0.272 e. The van der Waals surface area contributed by atoms with Crippen molar-refractivity contribution in [3.05, 3.63) is 65.4 Å². The Bertz CT molecular complexity index is 1040.